The van der Waals surface area contributed by atoms with Crippen LogP contribution in [0.1, 0.15) is 99.1 Å². The minimum absolute atomic E-state index is 0.0216. The van der Waals surface area contributed by atoms with Gasteiger partial charge in [0.1, 0.15) is 12.1 Å². The molecule has 3 rings (SSSR count). The number of hydrogen-bond acceptors (Lipinski definition) is 6. The fraction of sp³-hybridized carbons (Fsp3) is 0.676. The van der Waals surface area contributed by atoms with Crippen LogP contribution in [0, 0.1) is 11.3 Å². The van der Waals surface area contributed by atoms with Crippen LogP contribution in [0.15, 0.2) is 42.0 Å². The van der Waals surface area contributed by atoms with E-state index in [9.17, 15) is 24.3 Å². The van der Waals surface area contributed by atoms with Crippen molar-refractivity contribution in [1.82, 2.24) is 25.3 Å². The molecule has 2 heterocycles. The second-order valence-corrected chi connectivity index (χ2v) is 15.0. The van der Waals surface area contributed by atoms with Crippen molar-refractivity contribution in [3.63, 3.8) is 0 Å². The van der Waals surface area contributed by atoms with Gasteiger partial charge in [0.05, 0.1) is 24.7 Å². The fourth-order valence-electron chi connectivity index (χ4n) is 6.87. The van der Waals surface area contributed by atoms with Crippen LogP contribution < -0.4 is 10.6 Å². The first kappa shape index (κ1) is 38.2. The van der Waals surface area contributed by atoms with E-state index in [1.165, 1.54) is 0 Å². The Morgan fingerprint density at radius 1 is 0.936 bits per heavy atom. The van der Waals surface area contributed by atoms with Crippen molar-refractivity contribution in [3.8, 4) is 0 Å². The van der Waals surface area contributed by atoms with Gasteiger partial charge in [0.2, 0.25) is 23.6 Å². The Bertz CT molecular complexity index is 1260. The highest BCUT2D eigenvalue weighted by atomic mass is 16.3. The summed E-state index contributed by atoms with van der Waals surface area (Å²) in [5.74, 6) is -0.885. The second kappa shape index (κ2) is 16.7. The molecule has 2 aliphatic heterocycles. The highest BCUT2D eigenvalue weighted by Gasteiger charge is 2.40. The zero-order chi connectivity index (χ0) is 35.1. The molecular formula is C37H59N5O5. The summed E-state index contributed by atoms with van der Waals surface area (Å²) in [5, 5.41) is 16.0. The molecule has 0 spiro atoms. The third-order valence-corrected chi connectivity index (χ3v) is 9.66. The minimum Gasteiger partial charge on any atom is -0.394 e. The molecule has 2 aliphatic rings. The summed E-state index contributed by atoms with van der Waals surface area (Å²) in [4.78, 5) is 60.4. The highest BCUT2D eigenvalue weighted by molar-refractivity contribution is 5.97. The van der Waals surface area contributed by atoms with Crippen molar-refractivity contribution in [3.05, 3.63) is 47.5 Å². The molecule has 0 radical (unpaired) electrons. The van der Waals surface area contributed by atoms with Gasteiger partial charge >= 0.3 is 0 Å². The van der Waals surface area contributed by atoms with E-state index in [1.54, 1.807) is 23.8 Å². The average molecular weight is 654 g/mol. The molecule has 1 aromatic rings. The van der Waals surface area contributed by atoms with Crippen LogP contribution in [0.5, 0.6) is 0 Å². The number of hydrogen-bond donors (Lipinski definition) is 3. The summed E-state index contributed by atoms with van der Waals surface area (Å²) in [7, 11) is 1.73. The largest absolute Gasteiger partial charge is 0.394 e. The molecule has 4 amide bonds. The number of aliphatic hydroxyl groups is 1. The molecule has 3 N–H and O–H groups in total. The van der Waals surface area contributed by atoms with Gasteiger partial charge in [-0.25, -0.2) is 0 Å². The standard InChI is InChI=1S/C37H59N5O5/c1-24(2)31(40(9)36(47)32(37(6,7)8)39-34(45)29-18-13-14-20-41(29)25(3)4)22-26(5)35(46)42-21-15-19-30(42)33(44)38-28(23-43)27-16-11-10-12-17-27/h10-12,16-17,22,24-25,28-32,43H,13-15,18-21,23H2,1-9H3,(H,38,44)(H,39,45)/t28-,29?,30-,31+,32+/m0/s1. The van der Waals surface area contributed by atoms with Crippen molar-refractivity contribution in [2.24, 2.45) is 11.3 Å². The number of carbonyl (C=O) groups excluding carboxylic acids is 4. The number of benzene rings is 1. The summed E-state index contributed by atoms with van der Waals surface area (Å²) >= 11 is 0. The first-order valence-corrected chi connectivity index (χ1v) is 17.4. The maximum absolute atomic E-state index is 14.2. The maximum Gasteiger partial charge on any atom is 0.249 e. The van der Waals surface area contributed by atoms with Crippen LogP contribution >= 0.6 is 0 Å². The molecule has 0 aliphatic carbocycles. The topological polar surface area (TPSA) is 122 Å². The van der Waals surface area contributed by atoms with Crippen molar-refractivity contribution in [2.75, 3.05) is 26.7 Å². The lowest BCUT2D eigenvalue weighted by Crippen LogP contribution is -2.60. The zero-order valence-electron chi connectivity index (χ0n) is 30.1. The van der Waals surface area contributed by atoms with Crippen molar-refractivity contribution >= 4 is 23.6 Å². The minimum atomic E-state index is -0.752. The number of nitrogens with one attached hydrogen (secondary N) is 2. The van der Waals surface area contributed by atoms with Crippen LogP contribution in [-0.2, 0) is 19.2 Å². The van der Waals surface area contributed by atoms with Crippen LogP contribution in [0.2, 0.25) is 0 Å². The first-order chi connectivity index (χ1) is 22.1. The van der Waals surface area contributed by atoms with E-state index in [4.69, 9.17) is 0 Å². The zero-order valence-corrected chi connectivity index (χ0v) is 30.1. The van der Waals surface area contributed by atoms with Crippen molar-refractivity contribution in [1.29, 1.82) is 0 Å². The Balaban J connectivity index is 1.77. The van der Waals surface area contributed by atoms with Gasteiger partial charge in [-0.2, -0.15) is 0 Å². The lowest BCUT2D eigenvalue weighted by molar-refractivity contribution is -0.142. The van der Waals surface area contributed by atoms with Gasteiger partial charge in [0.15, 0.2) is 0 Å². The summed E-state index contributed by atoms with van der Waals surface area (Å²) in [5.41, 5.74) is 0.705. The van der Waals surface area contributed by atoms with Gasteiger partial charge < -0.3 is 25.5 Å². The van der Waals surface area contributed by atoms with Crippen molar-refractivity contribution < 1.29 is 24.3 Å². The van der Waals surface area contributed by atoms with Gasteiger partial charge in [-0.3, -0.25) is 24.1 Å². The Morgan fingerprint density at radius 3 is 2.13 bits per heavy atom. The smallest absolute Gasteiger partial charge is 0.249 e. The molecule has 10 nitrogen and oxygen atoms in total. The lowest BCUT2D eigenvalue weighted by atomic mass is 9.84. The number of nitrogens with zero attached hydrogens (tertiary/aromatic N) is 3. The fourth-order valence-corrected chi connectivity index (χ4v) is 6.87. The molecule has 2 saturated heterocycles. The molecule has 262 valence electrons. The molecule has 1 unspecified atom stereocenters. The van der Waals surface area contributed by atoms with Crippen LogP contribution in [-0.4, -0.2) is 100 Å². The second-order valence-electron chi connectivity index (χ2n) is 15.0. The Morgan fingerprint density at radius 2 is 1.55 bits per heavy atom. The number of amides is 4. The molecular weight excluding hydrogens is 594 g/mol. The number of likely N-dealkylation sites (N-methyl/N-ethyl adjacent to an activating group) is 1. The third-order valence-electron chi connectivity index (χ3n) is 9.66. The monoisotopic (exact) mass is 653 g/mol. The van der Waals surface area contributed by atoms with Gasteiger partial charge in [0, 0.05) is 25.2 Å². The summed E-state index contributed by atoms with van der Waals surface area (Å²) in [6.07, 6.45) is 5.87. The quantitative estimate of drug-likeness (QED) is 0.293. The average Bonchev–Trinajstić information content (AvgIpc) is 3.53. The van der Waals surface area contributed by atoms with E-state index in [0.717, 1.165) is 31.4 Å². The predicted octanol–water partition coefficient (Wildman–Crippen LogP) is 4.05. The van der Waals surface area contributed by atoms with Gasteiger partial charge in [-0.1, -0.05) is 77.4 Å². The first-order valence-electron chi connectivity index (χ1n) is 17.4. The van der Waals surface area contributed by atoms with Crippen molar-refractivity contribution in [2.45, 2.75) is 124 Å². The van der Waals surface area contributed by atoms with Gasteiger partial charge in [0.25, 0.3) is 0 Å². The Hall–Kier alpha value is -3.24. The predicted molar refractivity (Wildman–Crippen MR) is 185 cm³/mol. The van der Waals surface area contributed by atoms with E-state index in [-0.39, 0.29) is 48.2 Å². The molecule has 2 fully saturated rings. The number of likely N-dealkylation sites (tertiary alicyclic amines) is 2. The maximum atomic E-state index is 14.2. The van der Waals surface area contributed by atoms with Gasteiger partial charge in [-0.05, 0) is 69.9 Å². The molecule has 5 atom stereocenters. The normalized spacial score (nSPS) is 21.4. The molecule has 0 bridgehead atoms. The Kier molecular flexibility index (Phi) is 13.6. The van der Waals surface area contributed by atoms with E-state index in [2.05, 4.69) is 29.4 Å². The third kappa shape index (κ3) is 9.66. The lowest BCUT2D eigenvalue weighted by Gasteiger charge is -2.41. The number of rotatable bonds is 12. The molecule has 1 aromatic carbocycles. The molecule has 10 heteroatoms. The number of carbonyl (C=O) groups is 4. The van der Waals surface area contributed by atoms with Gasteiger partial charge in [-0.15, -0.1) is 0 Å². The summed E-state index contributed by atoms with van der Waals surface area (Å²) in [6.45, 7) is 16.9. The molecule has 47 heavy (non-hydrogen) atoms. The number of aliphatic hydroxyl groups excluding tert-OH is 1. The highest BCUT2D eigenvalue weighted by Crippen LogP contribution is 2.27. The van der Waals surface area contributed by atoms with E-state index in [1.807, 2.05) is 71.0 Å². The number of piperidine rings is 1. The van der Waals surface area contributed by atoms with Crippen LogP contribution in [0.4, 0.5) is 0 Å². The Labute approximate surface area is 282 Å². The van der Waals surface area contributed by atoms with Crippen LogP contribution in [0.3, 0.4) is 0 Å². The van der Waals surface area contributed by atoms with Crippen LogP contribution in [0.25, 0.3) is 0 Å². The SMILES string of the molecule is CC(=C[C@H](C(C)C)N(C)C(=O)[C@@H](NC(=O)C1CCCCN1C(C)C)C(C)(C)C)C(=O)N1CCC[C@H]1C(=O)N[C@@H](CO)c1ccccc1. The van der Waals surface area contributed by atoms with E-state index >= 15 is 0 Å². The molecule has 0 aromatic heterocycles. The molecule has 0 saturated carbocycles. The van der Waals surface area contributed by atoms with E-state index in [0.29, 0.717) is 25.0 Å². The van der Waals surface area contributed by atoms with E-state index < -0.39 is 29.6 Å². The summed E-state index contributed by atoms with van der Waals surface area (Å²) in [6, 6.07) is 6.86. The summed E-state index contributed by atoms with van der Waals surface area (Å²) < 4.78 is 0.